The van der Waals surface area contributed by atoms with Crippen LogP contribution >= 0.6 is 22.9 Å². The van der Waals surface area contributed by atoms with Crippen molar-refractivity contribution in [1.82, 2.24) is 9.88 Å². The Morgan fingerprint density at radius 3 is 2.41 bits per heavy atom. The molecule has 32 heavy (non-hydrogen) atoms. The van der Waals surface area contributed by atoms with Crippen molar-refractivity contribution in [1.29, 1.82) is 0 Å². The van der Waals surface area contributed by atoms with Crippen molar-refractivity contribution in [3.8, 4) is 0 Å². The van der Waals surface area contributed by atoms with Gasteiger partial charge in [-0.05, 0) is 66.2 Å². The number of fused-ring (bicyclic) bond motifs is 1. The highest BCUT2D eigenvalue weighted by Crippen LogP contribution is 2.51. The normalized spacial score (nSPS) is 26.5. The second-order valence-corrected chi connectivity index (χ2v) is 15.6. The van der Waals surface area contributed by atoms with Crippen molar-refractivity contribution in [3.05, 3.63) is 15.0 Å². The molecule has 1 amide bonds. The molecule has 0 radical (unpaired) electrons. The number of piperidine rings is 1. The van der Waals surface area contributed by atoms with Crippen LogP contribution in [0.1, 0.15) is 85.7 Å². The summed E-state index contributed by atoms with van der Waals surface area (Å²) in [5.74, 6) is 0. The molecular weight excluding hydrogens is 466 g/mol. The fraction of sp³-hybridized carbons (Fsp3) is 0.783. The third-order valence-electron chi connectivity index (χ3n) is 6.01. The van der Waals surface area contributed by atoms with E-state index < -0.39 is 21.7 Å². The summed E-state index contributed by atoms with van der Waals surface area (Å²) in [5, 5.41) is 0. The summed E-state index contributed by atoms with van der Waals surface area (Å²) in [6.45, 7) is 18.4. The number of carbonyl (C=O) groups is 1. The Morgan fingerprint density at radius 1 is 1.25 bits per heavy atom. The number of ether oxygens (including phenoxy) is 1. The van der Waals surface area contributed by atoms with E-state index in [1.165, 1.54) is 11.3 Å². The predicted molar refractivity (Wildman–Crippen MR) is 133 cm³/mol. The van der Waals surface area contributed by atoms with E-state index in [1.807, 2.05) is 46.4 Å². The molecule has 3 atom stereocenters. The molecule has 1 aliphatic heterocycles. The fourth-order valence-electron chi connectivity index (χ4n) is 4.39. The zero-order valence-electron chi connectivity index (χ0n) is 20.7. The number of thiazole rings is 1. The number of carbonyl (C=O) groups excluding carboxylic acids is 1. The average molecular weight is 502 g/mol. The molecule has 0 saturated carbocycles. The fourth-order valence-corrected chi connectivity index (χ4v) is 6.40. The Labute approximate surface area is 204 Å². The molecule has 1 spiro atoms. The van der Waals surface area contributed by atoms with E-state index in [2.05, 4.69) is 25.8 Å². The first-order chi connectivity index (χ1) is 14.4. The minimum absolute atomic E-state index is 0.0520. The SMILES string of the molecule is CC(C)(C)OC(=O)N1CCC2(Cc3sc(Cl)nc3/C2=N/[S+]([O-])C(C)(C)C)CC1C(C)(C)C. The van der Waals surface area contributed by atoms with E-state index in [0.29, 0.717) is 11.0 Å². The molecule has 3 unspecified atom stereocenters. The van der Waals surface area contributed by atoms with Crippen molar-refractivity contribution < 1.29 is 14.1 Å². The maximum atomic E-state index is 13.1. The van der Waals surface area contributed by atoms with Crippen LogP contribution in [0.4, 0.5) is 4.79 Å². The smallest absolute Gasteiger partial charge is 0.410 e. The molecule has 0 bridgehead atoms. The summed E-state index contributed by atoms with van der Waals surface area (Å²) in [4.78, 5) is 20.6. The van der Waals surface area contributed by atoms with Crippen LogP contribution in [0.15, 0.2) is 4.40 Å². The van der Waals surface area contributed by atoms with Crippen LogP contribution < -0.4 is 0 Å². The van der Waals surface area contributed by atoms with E-state index in [1.54, 1.807) is 0 Å². The van der Waals surface area contributed by atoms with Gasteiger partial charge in [-0.2, -0.15) is 0 Å². The molecule has 2 heterocycles. The molecule has 3 rings (SSSR count). The lowest BCUT2D eigenvalue weighted by atomic mass is 9.67. The van der Waals surface area contributed by atoms with Crippen molar-refractivity contribution in [2.24, 2.45) is 15.2 Å². The monoisotopic (exact) mass is 501 g/mol. The second-order valence-electron chi connectivity index (χ2n) is 12.0. The van der Waals surface area contributed by atoms with Gasteiger partial charge in [-0.3, -0.25) is 0 Å². The molecule has 2 aliphatic rings. The summed E-state index contributed by atoms with van der Waals surface area (Å²) in [5.41, 5.74) is 0.553. The zero-order valence-corrected chi connectivity index (χ0v) is 23.1. The molecule has 0 aromatic carbocycles. The van der Waals surface area contributed by atoms with Crippen LogP contribution in [-0.4, -0.2) is 49.2 Å². The third-order valence-corrected chi connectivity index (χ3v) is 8.57. The molecular formula is C23H36ClN3O3S2. The Hall–Kier alpha value is -0.830. The Kier molecular flexibility index (Phi) is 6.80. The summed E-state index contributed by atoms with van der Waals surface area (Å²) in [7, 11) is 0. The molecule has 1 saturated heterocycles. The number of likely N-dealkylation sites (tertiary alicyclic amines) is 1. The molecule has 1 aromatic rings. The van der Waals surface area contributed by atoms with Crippen LogP contribution in [-0.2, 0) is 22.5 Å². The van der Waals surface area contributed by atoms with Gasteiger partial charge in [0.15, 0.2) is 4.47 Å². The first-order valence-electron chi connectivity index (χ1n) is 11.1. The predicted octanol–water partition coefficient (Wildman–Crippen LogP) is 6.04. The van der Waals surface area contributed by atoms with Crippen LogP contribution in [0.3, 0.4) is 0 Å². The number of hydrogen-bond acceptors (Lipinski definition) is 6. The maximum absolute atomic E-state index is 13.1. The minimum atomic E-state index is -1.41. The zero-order chi connectivity index (χ0) is 24.3. The van der Waals surface area contributed by atoms with Gasteiger partial charge in [0.1, 0.15) is 33.1 Å². The van der Waals surface area contributed by atoms with E-state index in [0.717, 1.165) is 35.5 Å². The Balaban J connectivity index is 2.02. The average Bonchev–Trinajstić information content (AvgIpc) is 3.06. The quantitative estimate of drug-likeness (QED) is 0.439. The number of aromatic nitrogens is 1. The highest BCUT2D eigenvalue weighted by atomic mass is 35.5. The summed E-state index contributed by atoms with van der Waals surface area (Å²) < 4.78 is 23.6. The highest BCUT2D eigenvalue weighted by molar-refractivity contribution is 7.91. The topological polar surface area (TPSA) is 77.8 Å². The summed E-state index contributed by atoms with van der Waals surface area (Å²) in [6, 6.07) is -0.0520. The maximum Gasteiger partial charge on any atom is 0.410 e. The van der Waals surface area contributed by atoms with Crippen LogP contribution in [0.2, 0.25) is 4.47 Å². The highest BCUT2D eigenvalue weighted by Gasteiger charge is 2.54. The molecule has 6 nitrogen and oxygen atoms in total. The van der Waals surface area contributed by atoms with E-state index in [-0.39, 0.29) is 23.0 Å². The Morgan fingerprint density at radius 2 is 1.88 bits per heavy atom. The molecule has 1 aromatic heterocycles. The molecule has 180 valence electrons. The van der Waals surface area contributed by atoms with Crippen molar-refractivity contribution in [2.75, 3.05) is 6.54 Å². The summed E-state index contributed by atoms with van der Waals surface area (Å²) >= 11 is 6.30. The van der Waals surface area contributed by atoms with Gasteiger partial charge in [0, 0.05) is 22.9 Å². The van der Waals surface area contributed by atoms with Gasteiger partial charge in [0.05, 0.1) is 0 Å². The Bertz CT molecular complexity index is 911. The van der Waals surface area contributed by atoms with Crippen LogP contribution in [0.5, 0.6) is 0 Å². The lowest BCUT2D eigenvalue weighted by molar-refractivity contribution is -0.0210. The number of nitrogens with zero attached hydrogens (tertiary/aromatic N) is 3. The third kappa shape index (κ3) is 5.29. The van der Waals surface area contributed by atoms with Gasteiger partial charge < -0.3 is 14.2 Å². The van der Waals surface area contributed by atoms with E-state index in [4.69, 9.17) is 20.7 Å². The van der Waals surface area contributed by atoms with Crippen LogP contribution in [0, 0.1) is 10.8 Å². The van der Waals surface area contributed by atoms with Crippen molar-refractivity contribution in [2.45, 2.75) is 98.0 Å². The molecule has 1 aliphatic carbocycles. The van der Waals surface area contributed by atoms with E-state index >= 15 is 0 Å². The van der Waals surface area contributed by atoms with Gasteiger partial charge in [0.25, 0.3) is 0 Å². The van der Waals surface area contributed by atoms with Crippen LogP contribution in [0.25, 0.3) is 0 Å². The first kappa shape index (κ1) is 25.8. The van der Waals surface area contributed by atoms with Gasteiger partial charge in [-0.1, -0.05) is 36.8 Å². The summed E-state index contributed by atoms with van der Waals surface area (Å²) in [6.07, 6.45) is 1.93. The van der Waals surface area contributed by atoms with E-state index in [9.17, 15) is 9.35 Å². The second kappa shape index (κ2) is 8.43. The minimum Gasteiger partial charge on any atom is -0.591 e. The van der Waals surface area contributed by atoms with Gasteiger partial charge in [0.2, 0.25) is 0 Å². The molecule has 0 N–H and O–H groups in total. The lowest BCUT2D eigenvalue weighted by Gasteiger charge is -2.49. The van der Waals surface area contributed by atoms with Gasteiger partial charge in [-0.15, -0.1) is 11.3 Å². The molecule has 9 heteroatoms. The number of amides is 1. The van der Waals surface area contributed by atoms with Crippen molar-refractivity contribution >= 4 is 46.1 Å². The lowest BCUT2D eigenvalue weighted by Crippen LogP contribution is -2.57. The standard InChI is InChI=1S/C23H36ClN3O3S2/c1-20(2,3)15-13-23(10-11-27(15)19(28)30-21(4,5)6)12-14-16(25-18(24)31-14)17(23)26-32(29)22(7,8)9/h15H,10-13H2,1-9H3/b26-17-. The van der Waals surface area contributed by atoms with Gasteiger partial charge in [-0.25, -0.2) is 9.78 Å². The first-order valence-corrected chi connectivity index (χ1v) is 13.4. The van der Waals surface area contributed by atoms with Crippen molar-refractivity contribution in [3.63, 3.8) is 0 Å². The molecule has 1 fully saturated rings. The number of rotatable bonds is 1. The van der Waals surface area contributed by atoms with Gasteiger partial charge >= 0.3 is 6.09 Å². The largest absolute Gasteiger partial charge is 0.591 e. The number of halogens is 1. The number of hydrogen-bond donors (Lipinski definition) is 0.